The summed E-state index contributed by atoms with van der Waals surface area (Å²) in [5.74, 6) is 1.31. The Morgan fingerprint density at radius 3 is 2.43 bits per heavy atom. The number of methoxy groups -OCH3 is 2. The number of carbonyl (C=O) groups excluding carboxylic acids is 1. The Balaban J connectivity index is 0.000000397. The van der Waals surface area contributed by atoms with E-state index in [0.717, 1.165) is 16.3 Å². The second-order valence-corrected chi connectivity index (χ2v) is 7.71. The minimum absolute atomic E-state index is 0.0702. The van der Waals surface area contributed by atoms with Crippen LogP contribution < -0.4 is 5.32 Å². The van der Waals surface area contributed by atoms with Gasteiger partial charge in [-0.1, -0.05) is 6.08 Å². The summed E-state index contributed by atoms with van der Waals surface area (Å²) >= 11 is 1.41. The summed E-state index contributed by atoms with van der Waals surface area (Å²) in [5, 5.41) is 3.66. The number of nitrogens with one attached hydrogen (secondary N) is 1. The molecule has 1 aromatic heterocycles. The molecule has 154 valence electrons. The molecule has 6 nitrogen and oxygen atoms in total. The molecule has 0 saturated carbocycles. The van der Waals surface area contributed by atoms with Gasteiger partial charge in [-0.15, -0.1) is 11.3 Å². The van der Waals surface area contributed by atoms with Crippen LogP contribution in [0.15, 0.2) is 29.7 Å². The van der Waals surface area contributed by atoms with E-state index in [1.54, 1.807) is 14.2 Å². The summed E-state index contributed by atoms with van der Waals surface area (Å²) < 4.78 is 10.6. The lowest BCUT2D eigenvalue weighted by Crippen LogP contribution is -2.22. The van der Waals surface area contributed by atoms with Gasteiger partial charge in [0, 0.05) is 6.54 Å². The van der Waals surface area contributed by atoms with Gasteiger partial charge >= 0.3 is 0 Å². The zero-order chi connectivity index (χ0) is 20.5. The molecule has 0 unspecified atom stereocenters. The highest BCUT2D eigenvalue weighted by Crippen LogP contribution is 2.30. The molecule has 3 rings (SSSR count). The maximum Gasteiger partial charge on any atom is 0.263 e. The largest absolute Gasteiger partial charge is 0.493 e. The smallest absolute Gasteiger partial charge is 0.263 e. The fraction of sp³-hybridized carbons (Fsp3) is 0.524. The zero-order valence-electron chi connectivity index (χ0n) is 17.5. The van der Waals surface area contributed by atoms with E-state index in [-0.39, 0.29) is 5.91 Å². The molecular weight excluding hydrogens is 374 g/mol. The summed E-state index contributed by atoms with van der Waals surface area (Å²) in [7, 11) is 5.40. The maximum absolute atomic E-state index is 12.0. The van der Waals surface area contributed by atoms with Crippen molar-refractivity contribution in [2.24, 2.45) is 0 Å². The number of hydrogen-bond donors (Lipinski definition) is 1. The third-order valence-electron chi connectivity index (χ3n) is 4.57. The topological polar surface area (TPSA) is 63.7 Å². The molecule has 1 aliphatic heterocycles. The maximum atomic E-state index is 12.0. The molecule has 2 heterocycles. The number of ether oxygens (including phenoxy) is 2. The summed E-state index contributed by atoms with van der Waals surface area (Å²) in [6.45, 7) is 7.00. The number of thiazole rings is 1. The normalized spacial score (nSPS) is 16.8. The Kier molecular flexibility index (Phi) is 8.73. The summed E-state index contributed by atoms with van der Waals surface area (Å²) in [6.07, 6.45) is 9.28. The van der Waals surface area contributed by atoms with Crippen molar-refractivity contribution in [1.29, 1.82) is 0 Å². The average Bonchev–Trinajstić information content (AvgIpc) is 3.25. The fourth-order valence-electron chi connectivity index (χ4n) is 3.00. The zero-order valence-corrected chi connectivity index (χ0v) is 18.3. The molecule has 1 aliphatic carbocycles. The van der Waals surface area contributed by atoms with Crippen LogP contribution in [-0.2, 0) is 9.47 Å². The van der Waals surface area contributed by atoms with Crippen LogP contribution in [0.25, 0.3) is 5.57 Å². The van der Waals surface area contributed by atoms with E-state index in [2.05, 4.69) is 22.2 Å². The first kappa shape index (κ1) is 22.2. The van der Waals surface area contributed by atoms with Gasteiger partial charge in [0.1, 0.15) is 9.88 Å². The molecule has 0 radical (unpaired) electrons. The number of rotatable bonds is 5. The second-order valence-electron chi connectivity index (χ2n) is 6.71. The van der Waals surface area contributed by atoms with Crippen molar-refractivity contribution >= 4 is 22.8 Å². The minimum Gasteiger partial charge on any atom is -0.493 e. The Morgan fingerprint density at radius 2 is 1.89 bits per heavy atom. The lowest BCUT2D eigenvalue weighted by atomic mass is 10.2. The molecule has 0 bridgehead atoms. The van der Waals surface area contributed by atoms with Gasteiger partial charge in [-0.25, -0.2) is 4.98 Å². The van der Waals surface area contributed by atoms with Crippen molar-refractivity contribution in [3.63, 3.8) is 0 Å². The molecule has 1 saturated heterocycles. The van der Waals surface area contributed by atoms with Gasteiger partial charge in [-0.05, 0) is 71.0 Å². The lowest BCUT2D eigenvalue weighted by Gasteiger charge is -2.07. The number of likely N-dealkylation sites (tertiary alicyclic amines) is 1. The van der Waals surface area contributed by atoms with E-state index in [9.17, 15) is 4.79 Å². The van der Waals surface area contributed by atoms with Gasteiger partial charge in [-0.3, -0.25) is 4.79 Å². The van der Waals surface area contributed by atoms with Crippen molar-refractivity contribution in [3.05, 3.63) is 45.3 Å². The molecule has 0 aromatic carbocycles. The van der Waals surface area contributed by atoms with Crippen LogP contribution in [0.5, 0.6) is 0 Å². The fourth-order valence-corrected chi connectivity index (χ4v) is 4.02. The molecule has 1 fully saturated rings. The van der Waals surface area contributed by atoms with Crippen LogP contribution in [0.4, 0.5) is 0 Å². The van der Waals surface area contributed by atoms with E-state index in [0.29, 0.717) is 29.4 Å². The van der Waals surface area contributed by atoms with Crippen LogP contribution in [0.2, 0.25) is 0 Å². The van der Waals surface area contributed by atoms with Crippen LogP contribution in [0.1, 0.15) is 46.6 Å². The number of aryl methyl sites for hydroxylation is 1. The molecule has 0 atom stereocenters. The highest BCUT2D eigenvalue weighted by Gasteiger charge is 2.18. The van der Waals surface area contributed by atoms with Gasteiger partial charge < -0.3 is 19.7 Å². The van der Waals surface area contributed by atoms with Crippen molar-refractivity contribution in [2.75, 3.05) is 40.9 Å². The standard InChI is InChI=1S/C16H20N2O3S.C5H11N/c1-5-17-15(19)14-10(2)18-16(22-14)11-6-8-12(20-3)13(21-4)9-7-11;1-6-4-2-3-5-6/h6,8-9H,5,7H2,1-4H3,(H,17,19);2-5H2,1H3. The Labute approximate surface area is 171 Å². The van der Waals surface area contributed by atoms with Gasteiger partial charge in [0.05, 0.1) is 19.9 Å². The molecule has 7 heteroatoms. The predicted molar refractivity (Wildman–Crippen MR) is 114 cm³/mol. The van der Waals surface area contributed by atoms with Gasteiger partial charge in [0.25, 0.3) is 5.91 Å². The first-order valence-electron chi connectivity index (χ1n) is 9.64. The molecule has 1 N–H and O–H groups in total. The monoisotopic (exact) mass is 405 g/mol. The SMILES string of the molecule is CCNC(=O)c1sc(C2=CC=C(OC)C(OC)=CC2)nc1C.CN1CCCC1. The number of amides is 1. The molecule has 2 aliphatic rings. The quantitative estimate of drug-likeness (QED) is 0.808. The number of allylic oxidation sites excluding steroid dienone is 4. The first-order valence-corrected chi connectivity index (χ1v) is 10.5. The third kappa shape index (κ3) is 5.94. The van der Waals surface area contributed by atoms with E-state index in [1.807, 2.05) is 32.1 Å². The highest BCUT2D eigenvalue weighted by atomic mass is 32.1. The van der Waals surface area contributed by atoms with Crippen LogP contribution in [0.3, 0.4) is 0 Å². The number of carbonyl (C=O) groups is 1. The molecule has 28 heavy (non-hydrogen) atoms. The molecular formula is C21H31N3O3S. The molecule has 0 spiro atoms. The van der Waals surface area contributed by atoms with E-state index >= 15 is 0 Å². The van der Waals surface area contributed by atoms with Gasteiger partial charge in [0.15, 0.2) is 11.5 Å². The Morgan fingerprint density at radius 1 is 1.21 bits per heavy atom. The predicted octanol–water partition coefficient (Wildman–Crippen LogP) is 3.76. The lowest BCUT2D eigenvalue weighted by molar-refractivity contribution is 0.0959. The average molecular weight is 406 g/mol. The second kappa shape index (κ2) is 11.0. The van der Waals surface area contributed by atoms with Gasteiger partial charge in [0.2, 0.25) is 0 Å². The number of hydrogen-bond acceptors (Lipinski definition) is 6. The van der Waals surface area contributed by atoms with E-state index in [4.69, 9.17) is 9.47 Å². The van der Waals surface area contributed by atoms with Gasteiger partial charge in [-0.2, -0.15) is 0 Å². The number of nitrogens with zero attached hydrogens (tertiary/aromatic N) is 2. The van der Waals surface area contributed by atoms with E-state index in [1.165, 1.54) is 37.3 Å². The molecule has 1 aromatic rings. The van der Waals surface area contributed by atoms with Crippen LogP contribution in [-0.4, -0.2) is 56.7 Å². The highest BCUT2D eigenvalue weighted by molar-refractivity contribution is 7.14. The summed E-state index contributed by atoms with van der Waals surface area (Å²) in [6, 6.07) is 0. The van der Waals surface area contributed by atoms with Crippen molar-refractivity contribution in [3.8, 4) is 0 Å². The Hall–Kier alpha value is -2.12. The van der Waals surface area contributed by atoms with E-state index < -0.39 is 0 Å². The van der Waals surface area contributed by atoms with Crippen LogP contribution >= 0.6 is 11.3 Å². The first-order chi connectivity index (χ1) is 13.5. The third-order valence-corrected chi connectivity index (χ3v) is 5.80. The summed E-state index contributed by atoms with van der Waals surface area (Å²) in [4.78, 5) is 19.6. The summed E-state index contributed by atoms with van der Waals surface area (Å²) in [5.41, 5.74) is 1.79. The van der Waals surface area contributed by atoms with Crippen molar-refractivity contribution < 1.29 is 14.3 Å². The minimum atomic E-state index is -0.0702. The van der Waals surface area contributed by atoms with Crippen molar-refractivity contribution in [1.82, 2.24) is 15.2 Å². The number of aromatic nitrogens is 1. The molecule has 1 amide bonds. The van der Waals surface area contributed by atoms with Crippen molar-refractivity contribution in [2.45, 2.75) is 33.1 Å². The van der Waals surface area contributed by atoms with Crippen LogP contribution in [0, 0.1) is 6.92 Å². The Bertz CT molecular complexity index is 759.